The van der Waals surface area contributed by atoms with Crippen LogP contribution in [0.2, 0.25) is 5.02 Å². The fraction of sp³-hybridized carbons (Fsp3) is 0.200. The highest BCUT2D eigenvalue weighted by Crippen LogP contribution is 2.30. The first-order chi connectivity index (χ1) is 12.4. The van der Waals surface area contributed by atoms with E-state index in [1.807, 2.05) is 0 Å². The molecule has 1 N–H and O–H groups in total. The number of hydrogen-bond acceptors (Lipinski definition) is 4. The molecule has 0 atom stereocenters. The quantitative estimate of drug-likeness (QED) is 0.689. The van der Waals surface area contributed by atoms with Crippen LogP contribution in [0.1, 0.15) is 24.2 Å². The van der Waals surface area contributed by atoms with Gasteiger partial charge in [-0.25, -0.2) is 4.79 Å². The predicted octanol–water partition coefficient (Wildman–Crippen LogP) is 4.42. The van der Waals surface area contributed by atoms with Gasteiger partial charge in [0.15, 0.2) is 0 Å². The molecule has 0 spiro atoms. The van der Waals surface area contributed by atoms with Gasteiger partial charge in [0.05, 0.1) is 24.3 Å². The van der Waals surface area contributed by atoms with Crippen LogP contribution in [0.25, 0.3) is 22.0 Å². The second kappa shape index (κ2) is 7.22. The Hall–Kier alpha value is -2.79. The molecular formula is C20H18ClNO4. The molecule has 1 heterocycles. The average Bonchev–Trinajstić information content (AvgIpc) is 2.60. The highest BCUT2D eigenvalue weighted by atomic mass is 35.5. The van der Waals surface area contributed by atoms with Crippen molar-refractivity contribution in [2.75, 3.05) is 7.11 Å². The number of rotatable bonds is 4. The Morgan fingerprint density at radius 1 is 1.15 bits per heavy atom. The molecule has 134 valence electrons. The smallest absolute Gasteiger partial charge is 0.339 e. The van der Waals surface area contributed by atoms with E-state index in [-0.39, 0.29) is 22.8 Å². The van der Waals surface area contributed by atoms with E-state index in [0.29, 0.717) is 27.2 Å². The largest absolute Gasteiger partial charge is 0.497 e. The topological polar surface area (TPSA) is 68.4 Å². The Labute approximate surface area is 155 Å². The summed E-state index contributed by atoms with van der Waals surface area (Å²) in [4.78, 5) is 28.4. The predicted molar refractivity (Wildman–Crippen MR) is 102 cm³/mol. The molecule has 0 aliphatic rings. The first-order valence-corrected chi connectivity index (χ1v) is 8.49. The van der Waals surface area contributed by atoms with Crippen molar-refractivity contribution in [2.24, 2.45) is 0 Å². The Morgan fingerprint density at radius 2 is 1.92 bits per heavy atom. The molecule has 1 aromatic heterocycles. The fourth-order valence-corrected chi connectivity index (χ4v) is 2.98. The lowest BCUT2D eigenvalue weighted by Gasteiger charge is -2.15. The van der Waals surface area contributed by atoms with Gasteiger partial charge in [-0.05, 0) is 49.7 Å². The Morgan fingerprint density at radius 3 is 2.62 bits per heavy atom. The van der Waals surface area contributed by atoms with Gasteiger partial charge < -0.3 is 14.5 Å². The number of fused-ring (bicyclic) bond motifs is 1. The third-order valence-electron chi connectivity index (χ3n) is 3.88. The lowest BCUT2D eigenvalue weighted by molar-refractivity contribution is 0.0381. The number of ether oxygens (including phenoxy) is 2. The monoisotopic (exact) mass is 371 g/mol. The summed E-state index contributed by atoms with van der Waals surface area (Å²) in [5.41, 5.74) is 1.10. The zero-order valence-electron chi connectivity index (χ0n) is 14.6. The van der Waals surface area contributed by atoms with E-state index in [0.717, 1.165) is 0 Å². The van der Waals surface area contributed by atoms with Crippen LogP contribution in [0.5, 0.6) is 5.75 Å². The van der Waals surface area contributed by atoms with Crippen LogP contribution in [0.3, 0.4) is 0 Å². The number of benzene rings is 2. The number of hydrogen-bond donors (Lipinski definition) is 1. The summed E-state index contributed by atoms with van der Waals surface area (Å²) in [5.74, 6) is 0.00690. The van der Waals surface area contributed by atoms with Crippen molar-refractivity contribution in [3.05, 3.63) is 63.4 Å². The van der Waals surface area contributed by atoms with Crippen molar-refractivity contribution < 1.29 is 14.3 Å². The number of aromatic nitrogens is 1. The molecule has 3 aromatic rings. The first kappa shape index (κ1) is 18.0. The summed E-state index contributed by atoms with van der Waals surface area (Å²) in [6.45, 7) is 3.51. The maximum Gasteiger partial charge on any atom is 0.339 e. The number of carbonyl (C=O) groups excluding carboxylic acids is 1. The SMILES string of the molecule is COc1cccc(-c2c(C(=O)OC(C)C)c3cc(Cl)ccc3[nH]c2=O)c1. The number of aromatic amines is 1. The normalized spacial score (nSPS) is 11.0. The van der Waals surface area contributed by atoms with E-state index in [1.165, 1.54) is 7.11 Å². The van der Waals surface area contributed by atoms with Gasteiger partial charge in [-0.2, -0.15) is 0 Å². The van der Waals surface area contributed by atoms with Gasteiger partial charge in [0.1, 0.15) is 5.75 Å². The zero-order valence-corrected chi connectivity index (χ0v) is 15.4. The summed E-state index contributed by atoms with van der Waals surface area (Å²) < 4.78 is 10.6. The number of carbonyl (C=O) groups is 1. The molecule has 0 unspecified atom stereocenters. The van der Waals surface area contributed by atoms with Crippen LogP contribution in [0, 0.1) is 0 Å². The van der Waals surface area contributed by atoms with Crippen molar-refractivity contribution in [3.8, 4) is 16.9 Å². The summed E-state index contributed by atoms with van der Waals surface area (Å²) >= 11 is 6.12. The zero-order chi connectivity index (χ0) is 18.8. The molecule has 6 heteroatoms. The van der Waals surface area contributed by atoms with Crippen molar-refractivity contribution in [1.29, 1.82) is 0 Å². The van der Waals surface area contributed by atoms with E-state index in [2.05, 4.69) is 4.98 Å². The minimum atomic E-state index is -0.573. The van der Waals surface area contributed by atoms with Crippen LogP contribution in [0.15, 0.2) is 47.3 Å². The Kier molecular flexibility index (Phi) is 5.00. The highest BCUT2D eigenvalue weighted by Gasteiger charge is 2.23. The first-order valence-electron chi connectivity index (χ1n) is 8.11. The van der Waals surface area contributed by atoms with Crippen LogP contribution in [-0.2, 0) is 4.74 Å². The van der Waals surface area contributed by atoms with Gasteiger partial charge in [-0.15, -0.1) is 0 Å². The average molecular weight is 372 g/mol. The molecule has 0 saturated carbocycles. The second-order valence-electron chi connectivity index (χ2n) is 6.08. The second-order valence-corrected chi connectivity index (χ2v) is 6.52. The summed E-state index contributed by atoms with van der Waals surface area (Å²) in [6.07, 6.45) is -0.325. The minimum Gasteiger partial charge on any atom is -0.497 e. The van der Waals surface area contributed by atoms with Gasteiger partial charge in [0.2, 0.25) is 0 Å². The summed E-state index contributed by atoms with van der Waals surface area (Å²) in [6, 6.07) is 11.9. The van der Waals surface area contributed by atoms with Gasteiger partial charge in [0, 0.05) is 15.9 Å². The van der Waals surface area contributed by atoms with Crippen molar-refractivity contribution in [1.82, 2.24) is 4.98 Å². The third kappa shape index (κ3) is 3.44. The highest BCUT2D eigenvalue weighted by molar-refractivity contribution is 6.31. The number of halogens is 1. The van der Waals surface area contributed by atoms with Gasteiger partial charge in [-0.1, -0.05) is 23.7 Å². The number of pyridine rings is 1. The van der Waals surface area contributed by atoms with E-state index in [9.17, 15) is 9.59 Å². The fourth-order valence-electron chi connectivity index (χ4n) is 2.80. The number of H-pyrrole nitrogens is 1. The van der Waals surface area contributed by atoms with Crippen molar-refractivity contribution in [2.45, 2.75) is 20.0 Å². The number of methoxy groups -OCH3 is 1. The maximum absolute atomic E-state index is 12.8. The molecule has 0 amide bonds. The molecule has 0 bridgehead atoms. The van der Waals surface area contributed by atoms with E-state index < -0.39 is 5.97 Å². The molecule has 0 saturated heterocycles. The van der Waals surface area contributed by atoms with Crippen molar-refractivity contribution in [3.63, 3.8) is 0 Å². The van der Waals surface area contributed by atoms with Crippen LogP contribution in [0.4, 0.5) is 0 Å². The van der Waals surface area contributed by atoms with Gasteiger partial charge in [-0.3, -0.25) is 4.79 Å². The molecule has 0 aliphatic heterocycles. The number of esters is 1. The van der Waals surface area contributed by atoms with Crippen LogP contribution >= 0.6 is 11.6 Å². The maximum atomic E-state index is 12.8. The molecule has 5 nitrogen and oxygen atoms in total. The minimum absolute atomic E-state index is 0.188. The van der Waals surface area contributed by atoms with Gasteiger partial charge >= 0.3 is 5.97 Å². The lowest BCUT2D eigenvalue weighted by atomic mass is 9.97. The van der Waals surface area contributed by atoms with Crippen LogP contribution < -0.4 is 10.3 Å². The Bertz CT molecular complexity index is 1040. The molecule has 2 aromatic carbocycles. The molecule has 0 fully saturated rings. The molecule has 3 rings (SSSR count). The molecule has 0 aliphatic carbocycles. The summed E-state index contributed by atoms with van der Waals surface area (Å²) in [5, 5.41) is 0.986. The van der Waals surface area contributed by atoms with E-state index >= 15 is 0 Å². The van der Waals surface area contributed by atoms with E-state index in [1.54, 1.807) is 56.3 Å². The summed E-state index contributed by atoms with van der Waals surface area (Å²) in [7, 11) is 1.54. The van der Waals surface area contributed by atoms with Crippen LogP contribution in [-0.4, -0.2) is 24.2 Å². The molecule has 26 heavy (non-hydrogen) atoms. The lowest BCUT2D eigenvalue weighted by Crippen LogP contribution is -2.19. The standard InChI is InChI=1S/C20H18ClNO4/c1-11(2)26-20(24)18-15-10-13(21)7-8-16(15)22-19(23)17(18)12-5-4-6-14(9-12)25-3/h4-11H,1-3H3,(H,22,23). The Balaban J connectivity index is 2.38. The van der Waals surface area contributed by atoms with E-state index in [4.69, 9.17) is 21.1 Å². The number of nitrogens with one attached hydrogen (secondary N) is 1. The molecule has 0 radical (unpaired) electrons. The molecular weight excluding hydrogens is 354 g/mol. The third-order valence-corrected chi connectivity index (χ3v) is 4.12. The van der Waals surface area contributed by atoms with Crippen molar-refractivity contribution >= 4 is 28.5 Å². The van der Waals surface area contributed by atoms with Gasteiger partial charge in [0.25, 0.3) is 5.56 Å².